The maximum atomic E-state index is 13.3. The third-order valence-electron chi connectivity index (χ3n) is 6.95. The number of unbranched alkanes of at least 4 members (excludes halogenated alkanes) is 1. The van der Waals surface area contributed by atoms with Gasteiger partial charge in [-0.15, -0.1) is 0 Å². The highest BCUT2D eigenvalue weighted by atomic mass is 35.5. The van der Waals surface area contributed by atoms with Gasteiger partial charge >= 0.3 is 0 Å². The standard InChI is InChI=1S/C25H33ClN2O2S/c1-4-28(31(29,30)24-17-18(2)22(26)16-19(24)3)14-6-5-13-27-15-12-21-9-7-8-20-10-11-23(27)25(20)21/h7-9,16-17,23H,4-6,10-15H2,1-3H3. The third kappa shape index (κ3) is 4.43. The molecule has 0 N–H and O–H groups in total. The zero-order chi connectivity index (χ0) is 22.2. The lowest BCUT2D eigenvalue weighted by Crippen LogP contribution is -2.36. The van der Waals surface area contributed by atoms with Gasteiger partial charge < -0.3 is 0 Å². The molecule has 2 aliphatic rings. The number of aryl methyl sites for hydroxylation is 3. The normalized spacial score (nSPS) is 18.5. The van der Waals surface area contributed by atoms with Crippen LogP contribution in [0.1, 0.15) is 60.0 Å². The van der Waals surface area contributed by atoms with Crippen LogP contribution in [0.2, 0.25) is 5.02 Å². The summed E-state index contributed by atoms with van der Waals surface area (Å²) in [5, 5.41) is 0.609. The molecule has 1 aliphatic carbocycles. The molecule has 0 bridgehead atoms. The predicted molar refractivity (Wildman–Crippen MR) is 127 cm³/mol. The van der Waals surface area contributed by atoms with E-state index in [9.17, 15) is 8.42 Å². The van der Waals surface area contributed by atoms with Crippen LogP contribution in [0.5, 0.6) is 0 Å². The molecule has 0 spiro atoms. The average molecular weight is 461 g/mol. The Kier molecular flexibility index (Phi) is 6.78. The summed E-state index contributed by atoms with van der Waals surface area (Å²) in [4.78, 5) is 3.00. The Morgan fingerprint density at radius 2 is 1.84 bits per heavy atom. The van der Waals surface area contributed by atoms with Crippen molar-refractivity contribution in [3.8, 4) is 0 Å². The summed E-state index contributed by atoms with van der Waals surface area (Å²) in [5.41, 5.74) is 6.15. The second kappa shape index (κ2) is 9.22. The van der Waals surface area contributed by atoms with E-state index in [0.717, 1.165) is 37.9 Å². The Morgan fingerprint density at radius 1 is 1.10 bits per heavy atom. The first-order chi connectivity index (χ1) is 14.8. The zero-order valence-electron chi connectivity index (χ0n) is 18.8. The van der Waals surface area contributed by atoms with Crippen molar-refractivity contribution in [2.24, 2.45) is 0 Å². The molecule has 4 nitrogen and oxygen atoms in total. The van der Waals surface area contributed by atoms with Crippen molar-refractivity contribution in [2.45, 2.75) is 63.8 Å². The summed E-state index contributed by atoms with van der Waals surface area (Å²) in [6.45, 7) is 8.76. The number of rotatable bonds is 8. The van der Waals surface area contributed by atoms with Gasteiger partial charge in [0.05, 0.1) is 4.90 Å². The van der Waals surface area contributed by atoms with Crippen molar-refractivity contribution >= 4 is 21.6 Å². The minimum atomic E-state index is -3.51. The fourth-order valence-electron chi connectivity index (χ4n) is 5.24. The lowest BCUT2D eigenvalue weighted by atomic mass is 9.93. The molecule has 31 heavy (non-hydrogen) atoms. The van der Waals surface area contributed by atoms with Crippen LogP contribution < -0.4 is 0 Å². The minimum Gasteiger partial charge on any atom is -0.296 e. The SMILES string of the molecule is CCN(CCCCN1CCc2cccc3c2C1CC3)S(=O)(=O)c1cc(C)c(Cl)cc1C. The van der Waals surface area contributed by atoms with Crippen LogP contribution in [0, 0.1) is 13.8 Å². The lowest BCUT2D eigenvalue weighted by molar-refractivity contribution is 0.181. The van der Waals surface area contributed by atoms with Crippen molar-refractivity contribution in [1.29, 1.82) is 0 Å². The molecule has 0 saturated heterocycles. The quantitative estimate of drug-likeness (QED) is 0.502. The Balaban J connectivity index is 1.37. The summed E-state index contributed by atoms with van der Waals surface area (Å²) in [5.74, 6) is 0. The fraction of sp³-hybridized carbons (Fsp3) is 0.520. The first kappa shape index (κ1) is 22.8. The Hall–Kier alpha value is -1.40. The van der Waals surface area contributed by atoms with Crippen molar-refractivity contribution in [1.82, 2.24) is 9.21 Å². The summed E-state index contributed by atoms with van der Waals surface area (Å²) in [6.07, 6.45) is 5.42. The highest BCUT2D eigenvalue weighted by Crippen LogP contribution is 2.41. The molecule has 2 aromatic rings. The van der Waals surface area contributed by atoms with Gasteiger partial charge in [0.2, 0.25) is 10.0 Å². The summed E-state index contributed by atoms with van der Waals surface area (Å²) < 4.78 is 28.1. The largest absolute Gasteiger partial charge is 0.296 e. The number of nitrogens with zero attached hydrogens (tertiary/aromatic N) is 2. The van der Waals surface area contributed by atoms with Gasteiger partial charge in [0, 0.05) is 30.7 Å². The number of hydrogen-bond donors (Lipinski definition) is 0. The molecular weight excluding hydrogens is 428 g/mol. The van der Waals surface area contributed by atoms with Gasteiger partial charge in [0.25, 0.3) is 0 Å². The van der Waals surface area contributed by atoms with E-state index in [1.807, 2.05) is 20.8 Å². The van der Waals surface area contributed by atoms with E-state index in [1.165, 1.54) is 24.0 Å². The number of sulfonamides is 1. The number of benzene rings is 2. The van der Waals surface area contributed by atoms with E-state index in [-0.39, 0.29) is 0 Å². The van der Waals surface area contributed by atoms with Crippen LogP contribution >= 0.6 is 11.6 Å². The summed E-state index contributed by atoms with van der Waals surface area (Å²) in [7, 11) is -3.51. The van der Waals surface area contributed by atoms with Gasteiger partial charge in [-0.2, -0.15) is 4.31 Å². The molecule has 1 atom stereocenters. The molecule has 2 aromatic carbocycles. The molecule has 0 amide bonds. The van der Waals surface area contributed by atoms with Gasteiger partial charge in [0.15, 0.2) is 0 Å². The smallest absolute Gasteiger partial charge is 0.243 e. The van der Waals surface area contributed by atoms with Crippen LogP contribution in [-0.2, 0) is 22.9 Å². The molecule has 168 valence electrons. The van der Waals surface area contributed by atoms with E-state index in [1.54, 1.807) is 22.0 Å². The van der Waals surface area contributed by atoms with E-state index in [2.05, 4.69) is 23.1 Å². The molecule has 1 unspecified atom stereocenters. The van der Waals surface area contributed by atoms with Crippen molar-refractivity contribution in [3.63, 3.8) is 0 Å². The first-order valence-electron chi connectivity index (χ1n) is 11.4. The molecule has 4 rings (SSSR count). The predicted octanol–water partition coefficient (Wildman–Crippen LogP) is 5.29. The van der Waals surface area contributed by atoms with E-state index >= 15 is 0 Å². The maximum Gasteiger partial charge on any atom is 0.243 e. The second-order valence-electron chi connectivity index (χ2n) is 8.90. The maximum absolute atomic E-state index is 13.3. The third-order valence-corrected chi connectivity index (χ3v) is 9.47. The van der Waals surface area contributed by atoms with Gasteiger partial charge in [-0.1, -0.05) is 36.7 Å². The molecule has 0 aromatic heterocycles. The number of hydrogen-bond acceptors (Lipinski definition) is 3. The average Bonchev–Trinajstić information content (AvgIpc) is 3.18. The van der Waals surface area contributed by atoms with Crippen LogP contribution in [0.15, 0.2) is 35.2 Å². The molecular formula is C25H33ClN2O2S. The molecule has 6 heteroatoms. The highest BCUT2D eigenvalue weighted by Gasteiger charge is 2.33. The van der Waals surface area contributed by atoms with Crippen LogP contribution in [0.3, 0.4) is 0 Å². The monoisotopic (exact) mass is 460 g/mol. The summed E-state index contributed by atoms with van der Waals surface area (Å²) >= 11 is 6.17. The van der Waals surface area contributed by atoms with Crippen molar-refractivity contribution < 1.29 is 8.42 Å². The first-order valence-corrected chi connectivity index (χ1v) is 13.3. The highest BCUT2D eigenvalue weighted by molar-refractivity contribution is 7.89. The fourth-order valence-corrected chi connectivity index (χ4v) is 7.24. The van der Waals surface area contributed by atoms with Crippen molar-refractivity contribution in [3.05, 3.63) is 63.2 Å². The molecule has 0 radical (unpaired) electrons. The van der Waals surface area contributed by atoms with Gasteiger partial charge in [0.1, 0.15) is 0 Å². The Labute approximate surface area is 192 Å². The second-order valence-corrected chi connectivity index (χ2v) is 11.2. The Bertz CT molecular complexity index is 1070. The van der Waals surface area contributed by atoms with E-state index in [0.29, 0.717) is 34.6 Å². The topological polar surface area (TPSA) is 40.6 Å². The van der Waals surface area contributed by atoms with E-state index in [4.69, 9.17) is 11.6 Å². The van der Waals surface area contributed by atoms with Gasteiger partial charge in [-0.05, 0) is 92.4 Å². The van der Waals surface area contributed by atoms with Crippen LogP contribution in [-0.4, -0.2) is 43.8 Å². The van der Waals surface area contributed by atoms with Gasteiger partial charge in [-0.25, -0.2) is 8.42 Å². The van der Waals surface area contributed by atoms with Gasteiger partial charge in [-0.3, -0.25) is 4.90 Å². The molecule has 1 heterocycles. The Morgan fingerprint density at radius 3 is 2.58 bits per heavy atom. The molecule has 1 aliphatic heterocycles. The zero-order valence-corrected chi connectivity index (χ0v) is 20.4. The molecule has 0 fully saturated rings. The van der Waals surface area contributed by atoms with Crippen LogP contribution in [0.25, 0.3) is 0 Å². The van der Waals surface area contributed by atoms with Crippen molar-refractivity contribution in [2.75, 3.05) is 26.2 Å². The summed E-state index contributed by atoms with van der Waals surface area (Å²) in [6, 6.07) is 10.8. The molecule has 0 saturated carbocycles. The minimum absolute atomic E-state index is 0.377. The van der Waals surface area contributed by atoms with Crippen LogP contribution in [0.4, 0.5) is 0 Å². The van der Waals surface area contributed by atoms with E-state index < -0.39 is 10.0 Å². The lowest BCUT2D eigenvalue weighted by Gasteiger charge is -2.35. The number of halogens is 1.